The van der Waals surface area contributed by atoms with Crippen molar-refractivity contribution in [3.8, 4) is 0 Å². The van der Waals surface area contributed by atoms with Gasteiger partial charge >= 0.3 is 0 Å². The fourth-order valence-electron chi connectivity index (χ4n) is 3.17. The average molecular weight is 237 g/mol. The van der Waals surface area contributed by atoms with Crippen molar-refractivity contribution in [3.05, 3.63) is 34.9 Å². The molecule has 1 atom stereocenters. The van der Waals surface area contributed by atoms with E-state index in [1.54, 1.807) is 6.92 Å². The Bertz CT molecular complexity index is 446. The van der Waals surface area contributed by atoms with Gasteiger partial charge < -0.3 is 5.32 Å². The molecule has 3 heteroatoms. The maximum absolute atomic E-state index is 14.3. The van der Waals surface area contributed by atoms with Gasteiger partial charge in [0.2, 0.25) is 0 Å². The molecule has 3 rings (SSSR count). The van der Waals surface area contributed by atoms with Gasteiger partial charge in [0.05, 0.1) is 5.54 Å². The first-order valence-corrected chi connectivity index (χ1v) is 6.35. The Morgan fingerprint density at radius 3 is 2.65 bits per heavy atom. The molecular weight excluding hydrogens is 220 g/mol. The van der Waals surface area contributed by atoms with Crippen LogP contribution in [0.4, 0.5) is 8.78 Å². The molecule has 1 N–H and O–H groups in total. The molecule has 0 amide bonds. The number of halogens is 2. The van der Waals surface area contributed by atoms with Crippen LogP contribution in [0.2, 0.25) is 0 Å². The smallest absolute Gasteiger partial charge is 0.134 e. The zero-order valence-corrected chi connectivity index (χ0v) is 10.0. The molecule has 1 aromatic carbocycles. The summed E-state index contributed by atoms with van der Waals surface area (Å²) in [6.45, 7) is 2.57. The summed E-state index contributed by atoms with van der Waals surface area (Å²) in [6, 6.07) is 2.92. The Kier molecular flexibility index (Phi) is 2.47. The van der Waals surface area contributed by atoms with Crippen molar-refractivity contribution in [2.75, 3.05) is 6.54 Å². The van der Waals surface area contributed by atoms with Crippen LogP contribution in [0.3, 0.4) is 0 Å². The van der Waals surface area contributed by atoms with E-state index in [0.29, 0.717) is 11.5 Å². The van der Waals surface area contributed by atoms with E-state index in [0.717, 1.165) is 32.2 Å². The second kappa shape index (κ2) is 3.77. The summed E-state index contributed by atoms with van der Waals surface area (Å²) in [6.07, 6.45) is 4.03. The molecule has 0 radical (unpaired) electrons. The monoisotopic (exact) mass is 237 g/mol. The summed E-state index contributed by atoms with van der Waals surface area (Å²) in [7, 11) is 0. The molecule has 1 aromatic rings. The van der Waals surface area contributed by atoms with Crippen LogP contribution in [-0.2, 0) is 5.54 Å². The van der Waals surface area contributed by atoms with Crippen LogP contribution in [-0.4, -0.2) is 6.54 Å². The van der Waals surface area contributed by atoms with Gasteiger partial charge in [0.15, 0.2) is 0 Å². The standard InChI is InChI=1S/C14H17F2N/c1-9-3-6-11(15)12(13(9)16)14(10-4-5-10)7-2-8-17-14/h3,6,10,17H,2,4-5,7-8H2,1H3. The molecule has 0 aromatic heterocycles. The van der Waals surface area contributed by atoms with Crippen LogP contribution in [0, 0.1) is 24.5 Å². The number of nitrogens with one attached hydrogen (secondary N) is 1. The van der Waals surface area contributed by atoms with Crippen molar-refractivity contribution >= 4 is 0 Å². The van der Waals surface area contributed by atoms with E-state index in [4.69, 9.17) is 0 Å². The van der Waals surface area contributed by atoms with Crippen molar-refractivity contribution in [1.82, 2.24) is 5.32 Å². The Balaban J connectivity index is 2.16. The van der Waals surface area contributed by atoms with Gasteiger partial charge in [-0.2, -0.15) is 0 Å². The number of benzene rings is 1. The van der Waals surface area contributed by atoms with Gasteiger partial charge in [-0.3, -0.25) is 0 Å². The summed E-state index contributed by atoms with van der Waals surface area (Å²) >= 11 is 0. The predicted molar refractivity (Wildman–Crippen MR) is 62.7 cm³/mol. The molecule has 1 unspecified atom stereocenters. The molecule has 1 heterocycles. The van der Waals surface area contributed by atoms with E-state index in [9.17, 15) is 8.78 Å². The van der Waals surface area contributed by atoms with Gasteiger partial charge in [-0.25, -0.2) is 8.78 Å². The topological polar surface area (TPSA) is 12.0 Å². The Labute approximate surface area is 100 Å². The fourth-order valence-corrected chi connectivity index (χ4v) is 3.17. The van der Waals surface area contributed by atoms with Crippen molar-refractivity contribution in [2.45, 2.75) is 38.1 Å². The van der Waals surface area contributed by atoms with E-state index in [1.807, 2.05) is 0 Å². The van der Waals surface area contributed by atoms with E-state index >= 15 is 0 Å². The zero-order chi connectivity index (χ0) is 12.0. The van der Waals surface area contributed by atoms with Crippen molar-refractivity contribution in [2.24, 2.45) is 5.92 Å². The van der Waals surface area contributed by atoms with Crippen LogP contribution < -0.4 is 5.32 Å². The summed E-state index contributed by atoms with van der Waals surface area (Å²) in [5, 5.41) is 3.38. The molecule has 92 valence electrons. The Hall–Kier alpha value is -0.960. The second-order valence-corrected chi connectivity index (χ2v) is 5.33. The highest BCUT2D eigenvalue weighted by Gasteiger charge is 2.50. The highest BCUT2D eigenvalue weighted by Crippen LogP contribution is 2.51. The first-order chi connectivity index (χ1) is 8.15. The highest BCUT2D eigenvalue weighted by atomic mass is 19.1. The normalized spacial score (nSPS) is 28.6. The van der Waals surface area contributed by atoms with Crippen LogP contribution >= 0.6 is 0 Å². The first-order valence-electron chi connectivity index (χ1n) is 6.35. The maximum Gasteiger partial charge on any atom is 0.134 e. The second-order valence-electron chi connectivity index (χ2n) is 5.33. The molecule has 0 bridgehead atoms. The maximum atomic E-state index is 14.3. The molecule has 2 aliphatic rings. The first kappa shape index (κ1) is 11.1. The molecule has 1 aliphatic carbocycles. The zero-order valence-electron chi connectivity index (χ0n) is 10.0. The van der Waals surface area contributed by atoms with Crippen molar-refractivity contribution < 1.29 is 8.78 Å². The van der Waals surface area contributed by atoms with Crippen LogP contribution in [0.1, 0.15) is 36.8 Å². The van der Waals surface area contributed by atoms with Gasteiger partial charge in [-0.15, -0.1) is 0 Å². The Morgan fingerprint density at radius 1 is 1.29 bits per heavy atom. The number of aryl methyl sites for hydroxylation is 1. The lowest BCUT2D eigenvalue weighted by Gasteiger charge is -2.31. The molecule has 17 heavy (non-hydrogen) atoms. The van der Waals surface area contributed by atoms with Gasteiger partial charge in [0.25, 0.3) is 0 Å². The fraction of sp³-hybridized carbons (Fsp3) is 0.571. The molecule has 2 fully saturated rings. The van der Waals surface area contributed by atoms with Crippen LogP contribution in [0.25, 0.3) is 0 Å². The van der Waals surface area contributed by atoms with E-state index in [1.165, 1.54) is 12.1 Å². The molecule has 1 nitrogen and oxygen atoms in total. The predicted octanol–water partition coefficient (Wildman–Crippen LogP) is 3.26. The lowest BCUT2D eigenvalue weighted by molar-refractivity contribution is 0.307. The van der Waals surface area contributed by atoms with Crippen LogP contribution in [0.5, 0.6) is 0 Å². The number of hydrogen-bond acceptors (Lipinski definition) is 1. The summed E-state index contributed by atoms with van der Waals surface area (Å²) in [5.74, 6) is -0.337. The lowest BCUT2D eigenvalue weighted by atomic mass is 9.82. The van der Waals surface area contributed by atoms with E-state index in [2.05, 4.69) is 5.32 Å². The quantitative estimate of drug-likeness (QED) is 0.832. The molecule has 0 spiro atoms. The van der Waals surface area contributed by atoms with Gasteiger partial charge in [0.1, 0.15) is 11.6 Å². The Morgan fingerprint density at radius 2 is 2.06 bits per heavy atom. The SMILES string of the molecule is Cc1ccc(F)c(C2(C3CC3)CCCN2)c1F. The molecular formula is C14H17F2N. The van der Waals surface area contributed by atoms with Gasteiger partial charge in [0, 0.05) is 5.56 Å². The largest absolute Gasteiger partial charge is 0.307 e. The van der Waals surface area contributed by atoms with Gasteiger partial charge in [-0.05, 0) is 56.7 Å². The summed E-state index contributed by atoms with van der Waals surface area (Å²) in [4.78, 5) is 0. The van der Waals surface area contributed by atoms with E-state index in [-0.39, 0.29) is 11.4 Å². The molecule has 1 saturated heterocycles. The van der Waals surface area contributed by atoms with Crippen molar-refractivity contribution in [1.29, 1.82) is 0 Å². The van der Waals surface area contributed by atoms with Crippen molar-refractivity contribution in [3.63, 3.8) is 0 Å². The lowest BCUT2D eigenvalue weighted by Crippen LogP contribution is -2.41. The minimum absolute atomic E-state index is 0.289. The third-order valence-electron chi connectivity index (χ3n) is 4.19. The highest BCUT2D eigenvalue weighted by molar-refractivity contribution is 5.35. The van der Waals surface area contributed by atoms with Crippen LogP contribution in [0.15, 0.2) is 12.1 Å². The van der Waals surface area contributed by atoms with Gasteiger partial charge in [-0.1, -0.05) is 6.07 Å². The molecule has 1 saturated carbocycles. The number of rotatable bonds is 2. The summed E-state index contributed by atoms with van der Waals surface area (Å²) in [5.41, 5.74) is 0.396. The third-order valence-corrected chi connectivity index (χ3v) is 4.19. The molecule has 1 aliphatic heterocycles. The summed E-state index contributed by atoms with van der Waals surface area (Å²) < 4.78 is 28.3. The average Bonchev–Trinajstić information content (AvgIpc) is 3.06. The van der Waals surface area contributed by atoms with E-state index < -0.39 is 11.4 Å². The minimum Gasteiger partial charge on any atom is -0.307 e. The third kappa shape index (κ3) is 1.60. The minimum atomic E-state index is -0.430. The number of hydrogen-bond donors (Lipinski definition) is 1.